The summed E-state index contributed by atoms with van der Waals surface area (Å²) < 4.78 is 0. The van der Waals surface area contributed by atoms with Crippen LogP contribution in [0.4, 0.5) is 0 Å². The van der Waals surface area contributed by atoms with Gasteiger partial charge in [-0.25, -0.2) is 0 Å². The minimum atomic E-state index is 0.131. The molecule has 0 N–H and O–H groups in total. The van der Waals surface area contributed by atoms with Crippen LogP contribution in [0.5, 0.6) is 0 Å². The van der Waals surface area contributed by atoms with Crippen molar-refractivity contribution in [3.8, 4) is 0 Å². The van der Waals surface area contributed by atoms with Gasteiger partial charge in [0.15, 0.2) is 0 Å². The Kier molecular flexibility index (Phi) is 2.26. The lowest BCUT2D eigenvalue weighted by atomic mass is 10.1. The molecule has 1 aliphatic heterocycles. The van der Waals surface area contributed by atoms with Crippen molar-refractivity contribution < 1.29 is 4.79 Å². The van der Waals surface area contributed by atoms with Crippen LogP contribution in [0, 0.1) is 5.92 Å². The molecule has 0 bridgehead atoms. The van der Waals surface area contributed by atoms with Gasteiger partial charge >= 0.3 is 0 Å². The van der Waals surface area contributed by atoms with Crippen LogP contribution in [0.1, 0.15) is 25.7 Å². The summed E-state index contributed by atoms with van der Waals surface area (Å²) in [6.45, 7) is 0.945. The summed E-state index contributed by atoms with van der Waals surface area (Å²) in [4.78, 5) is 13.3. The van der Waals surface area contributed by atoms with Crippen LogP contribution in [0.15, 0.2) is 0 Å². The number of hydrogen-bond acceptors (Lipinski definition) is 1. The predicted molar refractivity (Wildman–Crippen MR) is 48.2 cm³/mol. The van der Waals surface area contributed by atoms with Crippen molar-refractivity contribution in [3.05, 3.63) is 0 Å². The van der Waals surface area contributed by atoms with Gasteiger partial charge in [0.05, 0.1) is 0 Å². The number of carbonyl (C=O) groups excluding carboxylic acids is 1. The van der Waals surface area contributed by atoms with Crippen LogP contribution < -0.4 is 0 Å². The van der Waals surface area contributed by atoms with Crippen molar-refractivity contribution >= 4 is 17.5 Å². The Balaban J connectivity index is 2.04. The number of rotatable bonds is 1. The van der Waals surface area contributed by atoms with E-state index in [1.54, 1.807) is 0 Å². The predicted octanol–water partition coefficient (Wildman–Crippen LogP) is 1.63. The normalized spacial score (nSPS) is 33.9. The number of halogens is 1. The van der Waals surface area contributed by atoms with E-state index in [9.17, 15) is 4.79 Å². The first-order valence-electron chi connectivity index (χ1n) is 4.68. The van der Waals surface area contributed by atoms with Crippen LogP contribution in [0.3, 0.4) is 0 Å². The van der Waals surface area contributed by atoms with Gasteiger partial charge < -0.3 is 4.90 Å². The molecule has 1 amide bonds. The molecule has 2 aliphatic rings. The third kappa shape index (κ3) is 1.22. The second kappa shape index (κ2) is 3.25. The lowest BCUT2D eigenvalue weighted by Gasteiger charge is -2.22. The highest BCUT2D eigenvalue weighted by Crippen LogP contribution is 2.37. The van der Waals surface area contributed by atoms with Crippen molar-refractivity contribution in [2.24, 2.45) is 5.92 Å². The van der Waals surface area contributed by atoms with Crippen LogP contribution in [0.25, 0.3) is 0 Å². The molecular weight excluding hydrogens is 174 g/mol. The van der Waals surface area contributed by atoms with Crippen LogP contribution in [-0.4, -0.2) is 29.3 Å². The molecule has 2 atom stereocenters. The monoisotopic (exact) mass is 187 g/mol. The summed E-state index contributed by atoms with van der Waals surface area (Å²) in [7, 11) is 0. The van der Waals surface area contributed by atoms with Crippen molar-refractivity contribution in [1.82, 2.24) is 4.90 Å². The molecule has 1 heterocycles. The van der Waals surface area contributed by atoms with E-state index >= 15 is 0 Å². The average molecular weight is 188 g/mol. The van der Waals surface area contributed by atoms with Gasteiger partial charge in [0.1, 0.15) is 5.88 Å². The highest BCUT2D eigenvalue weighted by atomic mass is 35.5. The molecular formula is C9H14ClNO. The van der Waals surface area contributed by atoms with Crippen molar-refractivity contribution in [3.63, 3.8) is 0 Å². The summed E-state index contributed by atoms with van der Waals surface area (Å²) in [6, 6.07) is 0.538. The minimum Gasteiger partial charge on any atom is -0.338 e. The van der Waals surface area contributed by atoms with Gasteiger partial charge in [-0.2, -0.15) is 0 Å². The van der Waals surface area contributed by atoms with Gasteiger partial charge in [-0.1, -0.05) is 6.42 Å². The van der Waals surface area contributed by atoms with E-state index in [4.69, 9.17) is 11.6 Å². The molecule has 1 saturated carbocycles. The number of nitrogens with zero attached hydrogens (tertiary/aromatic N) is 1. The lowest BCUT2D eigenvalue weighted by molar-refractivity contribution is -0.129. The Bertz CT molecular complexity index is 195. The highest BCUT2D eigenvalue weighted by Gasteiger charge is 2.39. The molecule has 1 aliphatic carbocycles. The number of hydrogen-bond donors (Lipinski definition) is 0. The van der Waals surface area contributed by atoms with Gasteiger partial charge in [0, 0.05) is 12.6 Å². The smallest absolute Gasteiger partial charge is 0.237 e. The number of likely N-dealkylation sites (tertiary alicyclic amines) is 1. The first-order chi connectivity index (χ1) is 5.83. The molecule has 2 rings (SSSR count). The van der Waals surface area contributed by atoms with Gasteiger partial charge in [-0.3, -0.25) is 4.79 Å². The molecule has 0 aromatic carbocycles. The van der Waals surface area contributed by atoms with Crippen LogP contribution in [0.2, 0.25) is 0 Å². The van der Waals surface area contributed by atoms with E-state index in [0.29, 0.717) is 6.04 Å². The Hall–Kier alpha value is -0.240. The quantitative estimate of drug-likeness (QED) is 0.572. The zero-order valence-electron chi connectivity index (χ0n) is 7.13. The van der Waals surface area contributed by atoms with E-state index in [0.717, 1.165) is 12.5 Å². The Morgan fingerprint density at radius 1 is 1.42 bits per heavy atom. The molecule has 3 heteroatoms. The zero-order valence-corrected chi connectivity index (χ0v) is 7.89. The van der Waals surface area contributed by atoms with E-state index in [1.165, 1.54) is 25.7 Å². The molecule has 1 saturated heterocycles. The first kappa shape index (κ1) is 8.36. The number of fused-ring (bicyclic) bond motifs is 1. The fourth-order valence-corrected chi connectivity index (χ4v) is 2.77. The van der Waals surface area contributed by atoms with Crippen LogP contribution in [-0.2, 0) is 4.79 Å². The van der Waals surface area contributed by atoms with Gasteiger partial charge in [0.25, 0.3) is 0 Å². The molecule has 0 aromatic heterocycles. The molecule has 68 valence electrons. The molecule has 2 unspecified atom stereocenters. The fourth-order valence-electron chi connectivity index (χ4n) is 2.62. The molecule has 0 radical (unpaired) electrons. The van der Waals surface area contributed by atoms with Crippen molar-refractivity contribution in [1.29, 1.82) is 0 Å². The van der Waals surface area contributed by atoms with Gasteiger partial charge in [-0.05, 0) is 25.2 Å². The SMILES string of the molecule is O=C(CCl)N1CCC2CCCC21. The molecule has 2 nitrogen and oxygen atoms in total. The summed E-state index contributed by atoms with van der Waals surface area (Å²) in [5, 5.41) is 0. The Labute approximate surface area is 77.9 Å². The van der Waals surface area contributed by atoms with Gasteiger partial charge in [0.2, 0.25) is 5.91 Å². The second-order valence-corrected chi connectivity index (χ2v) is 4.04. The molecule has 0 spiro atoms. The van der Waals surface area contributed by atoms with Gasteiger partial charge in [-0.15, -0.1) is 11.6 Å². The number of alkyl halides is 1. The third-order valence-electron chi connectivity index (χ3n) is 3.19. The van der Waals surface area contributed by atoms with Crippen LogP contribution >= 0.6 is 11.6 Å². The maximum Gasteiger partial charge on any atom is 0.237 e. The van der Waals surface area contributed by atoms with E-state index in [2.05, 4.69) is 0 Å². The first-order valence-corrected chi connectivity index (χ1v) is 5.22. The largest absolute Gasteiger partial charge is 0.338 e. The molecule has 2 fully saturated rings. The number of amides is 1. The van der Waals surface area contributed by atoms with Crippen molar-refractivity contribution in [2.45, 2.75) is 31.7 Å². The fraction of sp³-hybridized carbons (Fsp3) is 0.889. The Morgan fingerprint density at radius 3 is 3.00 bits per heavy atom. The maximum absolute atomic E-state index is 11.4. The van der Waals surface area contributed by atoms with Crippen molar-refractivity contribution in [2.75, 3.05) is 12.4 Å². The summed E-state index contributed by atoms with van der Waals surface area (Å²) in [6.07, 6.45) is 5.01. The summed E-state index contributed by atoms with van der Waals surface area (Å²) in [5.74, 6) is 1.08. The maximum atomic E-state index is 11.4. The topological polar surface area (TPSA) is 20.3 Å². The third-order valence-corrected chi connectivity index (χ3v) is 3.42. The number of carbonyl (C=O) groups is 1. The summed E-state index contributed by atoms with van der Waals surface area (Å²) >= 11 is 5.53. The molecule has 12 heavy (non-hydrogen) atoms. The minimum absolute atomic E-state index is 0.131. The van der Waals surface area contributed by atoms with E-state index < -0.39 is 0 Å². The second-order valence-electron chi connectivity index (χ2n) is 3.77. The Morgan fingerprint density at radius 2 is 2.25 bits per heavy atom. The zero-order chi connectivity index (χ0) is 8.55. The average Bonchev–Trinajstić information content (AvgIpc) is 2.62. The highest BCUT2D eigenvalue weighted by molar-refractivity contribution is 6.27. The lowest BCUT2D eigenvalue weighted by Crippen LogP contribution is -2.36. The van der Waals surface area contributed by atoms with E-state index in [1.807, 2.05) is 4.90 Å². The molecule has 0 aromatic rings. The standard InChI is InChI=1S/C9H14ClNO/c10-6-9(12)11-5-4-7-2-1-3-8(7)11/h7-8H,1-6H2. The summed E-state index contributed by atoms with van der Waals surface area (Å²) in [5.41, 5.74) is 0. The van der Waals surface area contributed by atoms with E-state index in [-0.39, 0.29) is 11.8 Å².